The fourth-order valence-corrected chi connectivity index (χ4v) is 1.68. The van der Waals surface area contributed by atoms with E-state index in [1.807, 2.05) is 13.8 Å². The largest absolute Gasteiger partial charge is 0.478 e. The average molecular weight is 224 g/mol. The number of carbonyl (C=O) groups excluding carboxylic acids is 1. The second-order valence-corrected chi connectivity index (χ2v) is 3.88. The van der Waals surface area contributed by atoms with Crippen molar-refractivity contribution in [3.8, 4) is 0 Å². The number of amides is 1. The van der Waals surface area contributed by atoms with Crippen molar-refractivity contribution in [2.24, 2.45) is 0 Å². The van der Waals surface area contributed by atoms with Gasteiger partial charge in [0.25, 0.3) is 0 Å². The lowest BCUT2D eigenvalue weighted by Crippen LogP contribution is -2.24. The summed E-state index contributed by atoms with van der Waals surface area (Å²) in [6, 6.07) is 1.53. The molecule has 0 aliphatic heterocycles. The van der Waals surface area contributed by atoms with E-state index >= 15 is 0 Å². The van der Waals surface area contributed by atoms with E-state index in [9.17, 15) is 9.59 Å². The number of carboxylic acid groups (broad SMARTS) is 1. The highest BCUT2D eigenvalue weighted by Gasteiger charge is 2.18. The van der Waals surface area contributed by atoms with Gasteiger partial charge in [-0.15, -0.1) is 0 Å². The minimum atomic E-state index is -0.959. The predicted octanol–water partition coefficient (Wildman–Crippen LogP) is 1.06. The standard InChI is InChI=1S/C11H16N2O3/c1-7(2)10-8(11(15)16)4-5-13(10)6-9(14)12-3/h4-5,7H,6H2,1-3H3,(H,12,14)(H,15,16). The number of aromatic nitrogens is 1. The van der Waals surface area contributed by atoms with E-state index in [4.69, 9.17) is 5.11 Å². The second kappa shape index (κ2) is 4.83. The Hall–Kier alpha value is -1.78. The minimum Gasteiger partial charge on any atom is -0.478 e. The van der Waals surface area contributed by atoms with E-state index in [0.717, 1.165) is 0 Å². The zero-order chi connectivity index (χ0) is 12.3. The zero-order valence-electron chi connectivity index (χ0n) is 9.65. The summed E-state index contributed by atoms with van der Waals surface area (Å²) in [4.78, 5) is 22.2. The van der Waals surface area contributed by atoms with Crippen LogP contribution in [0.3, 0.4) is 0 Å². The van der Waals surface area contributed by atoms with Crippen molar-refractivity contribution in [1.82, 2.24) is 9.88 Å². The summed E-state index contributed by atoms with van der Waals surface area (Å²) in [7, 11) is 1.55. The topological polar surface area (TPSA) is 71.3 Å². The first-order valence-electron chi connectivity index (χ1n) is 5.10. The smallest absolute Gasteiger partial charge is 0.337 e. The molecule has 0 unspecified atom stereocenters. The number of carboxylic acids is 1. The number of rotatable bonds is 4. The third-order valence-electron chi connectivity index (χ3n) is 2.38. The summed E-state index contributed by atoms with van der Waals surface area (Å²) in [6.07, 6.45) is 1.63. The van der Waals surface area contributed by atoms with Gasteiger partial charge in [-0.05, 0) is 12.0 Å². The lowest BCUT2D eigenvalue weighted by Gasteiger charge is -2.12. The highest BCUT2D eigenvalue weighted by molar-refractivity contribution is 5.89. The Morgan fingerprint density at radius 2 is 2.12 bits per heavy atom. The van der Waals surface area contributed by atoms with E-state index in [-0.39, 0.29) is 23.9 Å². The molecule has 1 rings (SSSR count). The second-order valence-electron chi connectivity index (χ2n) is 3.88. The van der Waals surface area contributed by atoms with Crippen LogP contribution in [-0.4, -0.2) is 28.6 Å². The van der Waals surface area contributed by atoms with Crippen molar-refractivity contribution < 1.29 is 14.7 Å². The molecular formula is C11H16N2O3. The van der Waals surface area contributed by atoms with E-state index in [0.29, 0.717) is 5.69 Å². The molecule has 0 aliphatic rings. The monoisotopic (exact) mass is 224 g/mol. The molecule has 1 aromatic heterocycles. The van der Waals surface area contributed by atoms with Crippen LogP contribution in [0.5, 0.6) is 0 Å². The number of nitrogens with zero attached hydrogens (tertiary/aromatic N) is 1. The van der Waals surface area contributed by atoms with Gasteiger partial charge in [-0.1, -0.05) is 13.8 Å². The maximum absolute atomic E-state index is 11.3. The number of hydrogen-bond acceptors (Lipinski definition) is 2. The van der Waals surface area contributed by atoms with Crippen LogP contribution in [0.2, 0.25) is 0 Å². The van der Waals surface area contributed by atoms with Gasteiger partial charge in [0.1, 0.15) is 6.54 Å². The Morgan fingerprint density at radius 1 is 1.50 bits per heavy atom. The van der Waals surface area contributed by atoms with Crippen LogP contribution >= 0.6 is 0 Å². The van der Waals surface area contributed by atoms with Gasteiger partial charge in [0.2, 0.25) is 5.91 Å². The first-order chi connectivity index (χ1) is 7.47. The van der Waals surface area contributed by atoms with Gasteiger partial charge >= 0.3 is 5.97 Å². The summed E-state index contributed by atoms with van der Waals surface area (Å²) < 4.78 is 1.67. The van der Waals surface area contributed by atoms with E-state index in [2.05, 4.69) is 5.32 Å². The Labute approximate surface area is 94.1 Å². The van der Waals surface area contributed by atoms with Crippen molar-refractivity contribution >= 4 is 11.9 Å². The molecule has 0 atom stereocenters. The Morgan fingerprint density at radius 3 is 2.56 bits per heavy atom. The van der Waals surface area contributed by atoms with Crippen molar-refractivity contribution in [1.29, 1.82) is 0 Å². The van der Waals surface area contributed by atoms with Crippen LogP contribution in [-0.2, 0) is 11.3 Å². The highest BCUT2D eigenvalue weighted by atomic mass is 16.4. The lowest BCUT2D eigenvalue weighted by atomic mass is 10.1. The van der Waals surface area contributed by atoms with Gasteiger partial charge in [0.15, 0.2) is 0 Å². The molecule has 0 bridgehead atoms. The van der Waals surface area contributed by atoms with Gasteiger partial charge in [-0.25, -0.2) is 4.79 Å². The third-order valence-corrected chi connectivity index (χ3v) is 2.38. The van der Waals surface area contributed by atoms with Gasteiger partial charge in [0.05, 0.1) is 5.56 Å². The van der Waals surface area contributed by atoms with Crippen LogP contribution in [0.4, 0.5) is 0 Å². The number of carbonyl (C=O) groups is 2. The zero-order valence-corrected chi connectivity index (χ0v) is 9.65. The molecule has 0 fully saturated rings. The van der Waals surface area contributed by atoms with Gasteiger partial charge in [-0.2, -0.15) is 0 Å². The molecule has 0 saturated carbocycles. The van der Waals surface area contributed by atoms with Gasteiger partial charge < -0.3 is 15.0 Å². The summed E-state index contributed by atoms with van der Waals surface area (Å²) in [5.41, 5.74) is 0.940. The maximum Gasteiger partial charge on any atom is 0.337 e. The SMILES string of the molecule is CNC(=O)Cn1ccc(C(=O)O)c1C(C)C. The summed E-state index contributed by atoms with van der Waals surface area (Å²) in [6.45, 7) is 3.96. The minimum absolute atomic E-state index is 0.0609. The fourth-order valence-electron chi connectivity index (χ4n) is 1.68. The maximum atomic E-state index is 11.3. The van der Waals surface area contributed by atoms with Crippen LogP contribution in [0.25, 0.3) is 0 Å². The molecule has 5 heteroatoms. The quantitative estimate of drug-likeness (QED) is 0.803. The van der Waals surface area contributed by atoms with Crippen molar-refractivity contribution in [3.05, 3.63) is 23.5 Å². The van der Waals surface area contributed by atoms with Gasteiger partial charge in [0, 0.05) is 18.9 Å². The van der Waals surface area contributed by atoms with Gasteiger partial charge in [-0.3, -0.25) is 4.79 Å². The number of hydrogen-bond donors (Lipinski definition) is 2. The third kappa shape index (κ3) is 2.42. The molecule has 0 radical (unpaired) electrons. The molecular weight excluding hydrogens is 208 g/mol. The predicted molar refractivity (Wildman–Crippen MR) is 59.5 cm³/mol. The average Bonchev–Trinajstić information content (AvgIpc) is 2.61. The Kier molecular flexibility index (Phi) is 3.71. The Bertz CT molecular complexity index is 407. The summed E-state index contributed by atoms with van der Waals surface area (Å²) in [5.74, 6) is -1.04. The molecule has 5 nitrogen and oxygen atoms in total. The van der Waals surface area contributed by atoms with Crippen LogP contribution in [0, 0.1) is 0 Å². The van der Waals surface area contributed by atoms with E-state index < -0.39 is 5.97 Å². The molecule has 88 valence electrons. The van der Waals surface area contributed by atoms with Crippen molar-refractivity contribution in [2.45, 2.75) is 26.3 Å². The fraction of sp³-hybridized carbons (Fsp3) is 0.455. The number of aromatic carboxylic acids is 1. The molecule has 2 N–H and O–H groups in total. The lowest BCUT2D eigenvalue weighted by molar-refractivity contribution is -0.121. The van der Waals surface area contributed by atoms with Crippen LogP contribution in [0.1, 0.15) is 35.8 Å². The molecule has 1 aromatic rings. The van der Waals surface area contributed by atoms with E-state index in [1.54, 1.807) is 17.8 Å². The van der Waals surface area contributed by atoms with Crippen LogP contribution in [0.15, 0.2) is 12.3 Å². The van der Waals surface area contributed by atoms with Crippen molar-refractivity contribution in [2.75, 3.05) is 7.05 Å². The summed E-state index contributed by atoms with van der Waals surface area (Å²) in [5, 5.41) is 11.5. The molecule has 0 aromatic carbocycles. The van der Waals surface area contributed by atoms with Crippen molar-refractivity contribution in [3.63, 3.8) is 0 Å². The number of nitrogens with one attached hydrogen (secondary N) is 1. The van der Waals surface area contributed by atoms with E-state index in [1.165, 1.54) is 6.07 Å². The Balaban J connectivity index is 3.10. The number of likely N-dealkylation sites (N-methyl/N-ethyl adjacent to an activating group) is 1. The molecule has 0 aliphatic carbocycles. The van der Waals surface area contributed by atoms with Crippen LogP contribution < -0.4 is 5.32 Å². The highest BCUT2D eigenvalue weighted by Crippen LogP contribution is 2.21. The molecule has 1 amide bonds. The first kappa shape index (κ1) is 12.3. The first-order valence-corrected chi connectivity index (χ1v) is 5.10. The molecule has 1 heterocycles. The molecule has 0 saturated heterocycles. The normalized spacial score (nSPS) is 10.5. The summed E-state index contributed by atoms with van der Waals surface area (Å²) >= 11 is 0. The molecule has 0 spiro atoms. The molecule has 16 heavy (non-hydrogen) atoms.